The number of rotatable bonds is 6. The summed E-state index contributed by atoms with van der Waals surface area (Å²) in [5, 5.41) is 1.03. The Hall–Kier alpha value is -3.44. The first-order valence-electron chi connectivity index (χ1n) is 15.2. The van der Waals surface area contributed by atoms with Crippen LogP contribution < -0.4 is 9.46 Å². The standard InChI is InChI=1S/C32H41N5O5S/c1-35(2)32(39)20-11-12-22-23(15-20)25-17-33-29(31(38)34-43(40,41)36(3)4)26(25)18-37-27(22)16-24-28(42-5)14-13-21(30(24)37)19-9-7-6-8-10-19/h13-14,16-20,22,29H,6-12,15H2,1-5H3,(H,34,38)/t20-,22+,29?/m0/s1. The fourth-order valence-corrected chi connectivity index (χ4v) is 7.97. The topological polar surface area (TPSA) is 113 Å². The average Bonchev–Trinajstić information content (AvgIpc) is 3.55. The fraction of sp³-hybridized carbons (Fsp3) is 0.531. The molecule has 1 aromatic heterocycles. The summed E-state index contributed by atoms with van der Waals surface area (Å²) in [7, 11) is 3.99. The second kappa shape index (κ2) is 11.2. The predicted octanol–water partition coefficient (Wildman–Crippen LogP) is 4.20. The van der Waals surface area contributed by atoms with Gasteiger partial charge in [-0.25, -0.2) is 4.72 Å². The van der Waals surface area contributed by atoms with Crippen molar-refractivity contribution < 1.29 is 22.7 Å². The molecule has 1 N–H and O–H groups in total. The van der Waals surface area contributed by atoms with Crippen LogP contribution in [0.2, 0.25) is 0 Å². The Morgan fingerprint density at radius 2 is 1.79 bits per heavy atom. The quantitative estimate of drug-likeness (QED) is 0.529. The van der Waals surface area contributed by atoms with Gasteiger partial charge in [0.05, 0.1) is 12.6 Å². The van der Waals surface area contributed by atoms with Crippen molar-refractivity contribution in [2.45, 2.75) is 69.2 Å². The maximum atomic E-state index is 13.5. The predicted molar refractivity (Wildman–Crippen MR) is 167 cm³/mol. The minimum Gasteiger partial charge on any atom is -0.496 e. The Morgan fingerprint density at radius 3 is 2.47 bits per heavy atom. The molecular weight excluding hydrogens is 566 g/mol. The van der Waals surface area contributed by atoms with Gasteiger partial charge < -0.3 is 14.2 Å². The summed E-state index contributed by atoms with van der Waals surface area (Å²) in [5.74, 6) is 0.449. The fourth-order valence-electron chi connectivity index (χ4n) is 7.42. The number of hydrogen-bond donors (Lipinski definition) is 1. The molecule has 1 unspecified atom stereocenters. The van der Waals surface area contributed by atoms with Crippen LogP contribution in [0.1, 0.15) is 74.5 Å². The van der Waals surface area contributed by atoms with Crippen molar-refractivity contribution in [1.29, 1.82) is 0 Å². The lowest BCUT2D eigenvalue weighted by atomic mass is 9.74. The molecule has 3 atom stereocenters. The highest BCUT2D eigenvalue weighted by Gasteiger charge is 2.41. The minimum atomic E-state index is -4.01. The number of aliphatic imine (C=N–C) groups is 1. The van der Waals surface area contributed by atoms with Gasteiger partial charge in [0.2, 0.25) is 5.91 Å². The molecule has 11 heteroatoms. The van der Waals surface area contributed by atoms with Crippen LogP contribution in [0.3, 0.4) is 0 Å². The zero-order valence-electron chi connectivity index (χ0n) is 25.6. The maximum Gasteiger partial charge on any atom is 0.303 e. The second-order valence-electron chi connectivity index (χ2n) is 12.6. The summed E-state index contributed by atoms with van der Waals surface area (Å²) < 4.78 is 36.5. The van der Waals surface area contributed by atoms with Gasteiger partial charge in [0.1, 0.15) is 5.75 Å². The summed E-state index contributed by atoms with van der Waals surface area (Å²) >= 11 is 0. The number of ether oxygens (including phenoxy) is 1. The lowest BCUT2D eigenvalue weighted by Crippen LogP contribution is -2.43. The highest BCUT2D eigenvalue weighted by atomic mass is 32.2. The molecule has 3 heterocycles. The molecule has 0 saturated heterocycles. The van der Waals surface area contributed by atoms with E-state index in [9.17, 15) is 18.0 Å². The number of benzene rings is 1. The Balaban J connectivity index is 1.55. The van der Waals surface area contributed by atoms with Crippen molar-refractivity contribution in [2.75, 3.05) is 35.3 Å². The van der Waals surface area contributed by atoms with Crippen molar-refractivity contribution >= 4 is 45.3 Å². The van der Waals surface area contributed by atoms with Crippen molar-refractivity contribution in [3.8, 4) is 5.75 Å². The Morgan fingerprint density at radius 1 is 1.05 bits per heavy atom. The largest absolute Gasteiger partial charge is 0.496 e. The van der Waals surface area contributed by atoms with E-state index in [1.165, 1.54) is 38.9 Å². The molecule has 43 heavy (non-hydrogen) atoms. The van der Waals surface area contributed by atoms with Crippen molar-refractivity contribution in [1.82, 2.24) is 18.5 Å². The van der Waals surface area contributed by atoms with Crippen molar-refractivity contribution in [3.05, 3.63) is 46.2 Å². The van der Waals surface area contributed by atoms with E-state index in [4.69, 9.17) is 4.74 Å². The van der Waals surface area contributed by atoms with Crippen molar-refractivity contribution in [2.24, 2.45) is 10.9 Å². The maximum absolute atomic E-state index is 13.5. The van der Waals surface area contributed by atoms with E-state index >= 15 is 0 Å². The van der Waals surface area contributed by atoms with Gasteiger partial charge in [-0.15, -0.1) is 0 Å². The third-order valence-electron chi connectivity index (χ3n) is 9.65. The number of aromatic nitrogens is 1. The molecule has 4 aliphatic rings. The molecule has 230 valence electrons. The minimum absolute atomic E-state index is 0.0186. The van der Waals surface area contributed by atoms with E-state index in [2.05, 4.69) is 32.5 Å². The van der Waals surface area contributed by atoms with E-state index in [-0.39, 0.29) is 17.7 Å². The van der Waals surface area contributed by atoms with Crippen LogP contribution in [0.15, 0.2) is 39.9 Å². The number of amides is 2. The zero-order valence-corrected chi connectivity index (χ0v) is 26.4. The first kappa shape index (κ1) is 29.6. The van der Waals surface area contributed by atoms with Crippen LogP contribution in [0, 0.1) is 5.92 Å². The molecule has 2 aromatic rings. The lowest BCUT2D eigenvalue weighted by Gasteiger charge is -2.32. The van der Waals surface area contributed by atoms with Gasteiger partial charge >= 0.3 is 10.2 Å². The number of allylic oxidation sites excluding steroid dienone is 1. The third-order valence-corrected chi connectivity index (χ3v) is 11.1. The second-order valence-corrected chi connectivity index (χ2v) is 14.5. The van der Waals surface area contributed by atoms with Crippen LogP contribution >= 0.6 is 0 Å². The molecule has 1 aromatic carbocycles. The highest BCUT2D eigenvalue weighted by Crippen LogP contribution is 2.50. The van der Waals surface area contributed by atoms with E-state index in [0.29, 0.717) is 17.9 Å². The molecule has 0 spiro atoms. The molecule has 6 rings (SSSR count). The number of carbonyl (C=O) groups is 2. The molecule has 2 saturated carbocycles. The van der Waals surface area contributed by atoms with Gasteiger partial charge in [0, 0.05) is 69.1 Å². The molecule has 2 amide bonds. The summed E-state index contributed by atoms with van der Waals surface area (Å²) in [6.07, 6.45) is 11.7. The van der Waals surface area contributed by atoms with E-state index < -0.39 is 22.2 Å². The summed E-state index contributed by atoms with van der Waals surface area (Å²) in [6.45, 7) is 0. The van der Waals surface area contributed by atoms with Gasteiger partial charge in [-0.3, -0.25) is 14.6 Å². The Bertz CT molecular complexity index is 1680. The SMILES string of the molecule is COc1ccc(C2CCCCC2)c2c1cc1n2C=C2C(=C3C[C@@H](C(=O)N(C)C)CC[C@H]31)C=NC2C(=O)NS(=O)(=O)N(C)C. The molecule has 10 nitrogen and oxygen atoms in total. The summed E-state index contributed by atoms with van der Waals surface area (Å²) in [5.41, 5.74) is 6.01. The molecule has 0 radical (unpaired) electrons. The van der Waals surface area contributed by atoms with E-state index in [1.54, 1.807) is 32.3 Å². The van der Waals surface area contributed by atoms with Gasteiger partial charge in [-0.1, -0.05) is 30.9 Å². The zero-order chi connectivity index (χ0) is 30.6. The van der Waals surface area contributed by atoms with Gasteiger partial charge in [0.25, 0.3) is 5.91 Å². The monoisotopic (exact) mass is 607 g/mol. The number of hydrogen-bond acceptors (Lipinski definition) is 6. The number of carbonyl (C=O) groups excluding carboxylic acids is 2. The van der Waals surface area contributed by atoms with Crippen LogP contribution in [0.5, 0.6) is 5.75 Å². The smallest absolute Gasteiger partial charge is 0.303 e. The summed E-state index contributed by atoms with van der Waals surface area (Å²) in [4.78, 5) is 32.8. The van der Waals surface area contributed by atoms with Crippen LogP contribution in [0.25, 0.3) is 17.1 Å². The van der Waals surface area contributed by atoms with Crippen LogP contribution in [-0.4, -0.2) is 81.6 Å². The average molecular weight is 608 g/mol. The van der Waals surface area contributed by atoms with E-state index in [0.717, 1.165) is 63.5 Å². The normalized spacial score (nSPS) is 23.9. The van der Waals surface area contributed by atoms with Crippen LogP contribution in [-0.2, 0) is 19.8 Å². The highest BCUT2D eigenvalue weighted by molar-refractivity contribution is 7.87. The number of fused-ring (bicyclic) bond motifs is 6. The van der Waals surface area contributed by atoms with Gasteiger partial charge in [-0.2, -0.15) is 12.7 Å². The molecule has 2 aliphatic carbocycles. The molecule has 0 bridgehead atoms. The van der Waals surface area contributed by atoms with Crippen LogP contribution in [0.4, 0.5) is 0 Å². The molecule has 2 aliphatic heterocycles. The summed E-state index contributed by atoms with van der Waals surface area (Å²) in [6, 6.07) is 5.44. The molecule has 2 fully saturated rings. The van der Waals surface area contributed by atoms with Gasteiger partial charge in [0.15, 0.2) is 6.04 Å². The molecular formula is C32H41N5O5S. The van der Waals surface area contributed by atoms with E-state index in [1.807, 2.05) is 6.20 Å². The Labute approximate surface area is 253 Å². The van der Waals surface area contributed by atoms with Crippen molar-refractivity contribution in [3.63, 3.8) is 0 Å². The third kappa shape index (κ3) is 5.10. The van der Waals surface area contributed by atoms with Gasteiger partial charge in [-0.05, 0) is 61.3 Å². The number of nitrogens with one attached hydrogen (secondary N) is 1. The number of methoxy groups -OCH3 is 1. The first-order valence-corrected chi connectivity index (χ1v) is 16.6. The lowest BCUT2D eigenvalue weighted by molar-refractivity contribution is -0.133. The Kier molecular flexibility index (Phi) is 7.75. The number of nitrogens with zero attached hydrogens (tertiary/aromatic N) is 4. The first-order chi connectivity index (χ1) is 20.5.